The lowest BCUT2D eigenvalue weighted by atomic mass is 10.1. The minimum absolute atomic E-state index is 0.0379. The molecule has 3 heterocycles. The number of carbonyl (C=O) groups excluding carboxylic acids is 1. The van der Waals surface area contributed by atoms with Crippen LogP contribution < -0.4 is 0 Å². The highest BCUT2D eigenvalue weighted by atomic mass is 19.4. The maximum Gasteiger partial charge on any atom is 0.417 e. The van der Waals surface area contributed by atoms with E-state index in [1.807, 2.05) is 19.2 Å². The highest BCUT2D eigenvalue weighted by molar-refractivity contribution is 5.85. The first-order valence-corrected chi connectivity index (χ1v) is 9.89. The molecule has 0 aromatic carbocycles. The number of aromatic nitrogens is 5. The van der Waals surface area contributed by atoms with E-state index in [9.17, 15) is 18.0 Å². The normalized spacial score (nSPS) is 14.5. The average Bonchev–Trinajstić information content (AvgIpc) is 3.37. The van der Waals surface area contributed by atoms with Crippen molar-refractivity contribution in [2.24, 2.45) is 0 Å². The third-order valence-corrected chi connectivity index (χ3v) is 5.33. The Labute approximate surface area is 171 Å². The maximum absolute atomic E-state index is 13.7. The molecule has 1 aliphatic carbocycles. The minimum Gasteiger partial charge on any atom is -0.338 e. The van der Waals surface area contributed by atoms with E-state index in [0.717, 1.165) is 31.1 Å². The van der Waals surface area contributed by atoms with Gasteiger partial charge in [-0.2, -0.15) is 23.4 Å². The van der Waals surface area contributed by atoms with Gasteiger partial charge < -0.3 is 4.90 Å². The van der Waals surface area contributed by atoms with Gasteiger partial charge in [-0.3, -0.25) is 9.48 Å². The van der Waals surface area contributed by atoms with Gasteiger partial charge >= 0.3 is 6.18 Å². The first-order chi connectivity index (χ1) is 14.2. The first-order valence-electron chi connectivity index (χ1n) is 9.89. The lowest BCUT2D eigenvalue weighted by Crippen LogP contribution is -2.30. The number of rotatable bonds is 6. The molecule has 0 N–H and O–H groups in total. The van der Waals surface area contributed by atoms with Gasteiger partial charge in [-0.05, 0) is 38.8 Å². The van der Waals surface area contributed by atoms with Crippen molar-refractivity contribution in [3.8, 4) is 0 Å². The largest absolute Gasteiger partial charge is 0.417 e. The average molecular weight is 420 g/mol. The van der Waals surface area contributed by atoms with Crippen LogP contribution in [0.4, 0.5) is 13.2 Å². The lowest BCUT2D eigenvalue weighted by Gasteiger charge is -2.16. The monoisotopic (exact) mass is 420 g/mol. The molecule has 7 nitrogen and oxygen atoms in total. The third kappa shape index (κ3) is 3.90. The van der Waals surface area contributed by atoms with Crippen molar-refractivity contribution in [2.45, 2.75) is 58.4 Å². The van der Waals surface area contributed by atoms with Gasteiger partial charge in [0.05, 0.1) is 28.9 Å². The van der Waals surface area contributed by atoms with Crippen LogP contribution in [0.3, 0.4) is 0 Å². The van der Waals surface area contributed by atoms with Gasteiger partial charge in [-0.15, -0.1) is 0 Å². The summed E-state index contributed by atoms with van der Waals surface area (Å²) in [5.74, 6) is -0.233. The Balaban J connectivity index is 1.63. The molecule has 160 valence electrons. The summed E-state index contributed by atoms with van der Waals surface area (Å²) in [4.78, 5) is 18.7. The van der Waals surface area contributed by atoms with Crippen LogP contribution in [0, 0.1) is 6.92 Å². The van der Waals surface area contributed by atoms with Gasteiger partial charge in [0.1, 0.15) is 6.54 Å². The van der Waals surface area contributed by atoms with Crippen LogP contribution in [0.1, 0.15) is 48.3 Å². The topological polar surface area (TPSA) is 68.8 Å². The molecule has 10 heteroatoms. The van der Waals surface area contributed by atoms with Crippen molar-refractivity contribution in [1.29, 1.82) is 0 Å². The number of aryl methyl sites for hydroxylation is 2. The van der Waals surface area contributed by atoms with E-state index in [-0.39, 0.29) is 35.1 Å². The molecule has 3 aromatic rings. The molecule has 4 rings (SSSR count). The Kier molecular flexibility index (Phi) is 5.03. The van der Waals surface area contributed by atoms with E-state index in [4.69, 9.17) is 0 Å². The zero-order valence-electron chi connectivity index (χ0n) is 17.1. The summed E-state index contributed by atoms with van der Waals surface area (Å²) in [5.41, 5.74) is 0.749. The number of fused-ring (bicyclic) bond motifs is 1. The summed E-state index contributed by atoms with van der Waals surface area (Å²) >= 11 is 0. The molecule has 0 atom stereocenters. The molecule has 0 unspecified atom stereocenters. The third-order valence-electron chi connectivity index (χ3n) is 5.33. The molecule has 1 amide bonds. The summed E-state index contributed by atoms with van der Waals surface area (Å²) in [7, 11) is 1.63. The molecule has 0 radical (unpaired) electrons. The highest BCUT2D eigenvalue weighted by Crippen LogP contribution is 2.43. The Hall–Kier alpha value is -2.91. The van der Waals surface area contributed by atoms with E-state index in [1.165, 1.54) is 16.5 Å². The zero-order chi connectivity index (χ0) is 21.6. The van der Waals surface area contributed by atoms with Gasteiger partial charge in [0, 0.05) is 31.4 Å². The number of carbonyl (C=O) groups is 1. The fourth-order valence-electron chi connectivity index (χ4n) is 3.54. The van der Waals surface area contributed by atoms with Crippen LogP contribution in [0.2, 0.25) is 0 Å². The van der Waals surface area contributed by atoms with Crippen molar-refractivity contribution in [1.82, 2.24) is 29.4 Å². The van der Waals surface area contributed by atoms with Gasteiger partial charge in [-0.1, -0.05) is 0 Å². The van der Waals surface area contributed by atoms with E-state index >= 15 is 0 Å². The molecule has 1 saturated carbocycles. The fourth-order valence-corrected chi connectivity index (χ4v) is 3.54. The zero-order valence-corrected chi connectivity index (χ0v) is 17.1. The second-order valence-electron chi connectivity index (χ2n) is 7.72. The van der Waals surface area contributed by atoms with Crippen LogP contribution in [-0.2, 0) is 30.6 Å². The molecule has 0 saturated heterocycles. The predicted molar refractivity (Wildman–Crippen MR) is 104 cm³/mol. The predicted octanol–water partition coefficient (Wildman–Crippen LogP) is 3.51. The van der Waals surface area contributed by atoms with Crippen molar-refractivity contribution in [3.63, 3.8) is 0 Å². The van der Waals surface area contributed by atoms with Crippen LogP contribution in [-0.4, -0.2) is 42.4 Å². The molecular weight excluding hydrogens is 397 g/mol. The Morgan fingerprint density at radius 2 is 2.03 bits per heavy atom. The van der Waals surface area contributed by atoms with E-state index in [2.05, 4.69) is 15.2 Å². The number of amides is 1. The van der Waals surface area contributed by atoms with Crippen LogP contribution in [0.15, 0.2) is 18.3 Å². The van der Waals surface area contributed by atoms with E-state index in [1.54, 1.807) is 11.7 Å². The Morgan fingerprint density at radius 1 is 1.30 bits per heavy atom. The standard InChI is InChI=1S/C20H23F3N6O/c1-4-28-8-7-14(26-28)10-27(3)17(30)11-29-19-18(12(2)25-29)15(20(21,22)23)9-16(24-19)13-5-6-13/h7-9,13H,4-6,10-11H2,1-3H3. The van der Waals surface area contributed by atoms with Crippen LogP contribution in [0.25, 0.3) is 11.0 Å². The molecule has 1 aliphatic rings. The maximum atomic E-state index is 13.7. The van der Waals surface area contributed by atoms with E-state index in [0.29, 0.717) is 12.2 Å². The van der Waals surface area contributed by atoms with Gasteiger partial charge in [0.2, 0.25) is 5.91 Å². The Bertz CT molecular complexity index is 1100. The van der Waals surface area contributed by atoms with Gasteiger partial charge in [-0.25, -0.2) is 9.67 Å². The number of pyridine rings is 1. The molecule has 30 heavy (non-hydrogen) atoms. The number of nitrogens with zero attached hydrogens (tertiary/aromatic N) is 6. The molecule has 1 fully saturated rings. The molecule has 0 bridgehead atoms. The number of likely N-dealkylation sites (N-methyl/N-ethyl adjacent to an activating group) is 1. The number of hydrogen-bond acceptors (Lipinski definition) is 4. The van der Waals surface area contributed by atoms with Crippen molar-refractivity contribution >= 4 is 16.9 Å². The number of hydrogen-bond donors (Lipinski definition) is 0. The minimum atomic E-state index is -4.51. The van der Waals surface area contributed by atoms with Crippen LogP contribution >= 0.6 is 0 Å². The second-order valence-corrected chi connectivity index (χ2v) is 7.72. The highest BCUT2D eigenvalue weighted by Gasteiger charge is 2.37. The van der Waals surface area contributed by atoms with Gasteiger partial charge in [0.15, 0.2) is 5.65 Å². The molecular formula is C20H23F3N6O. The number of alkyl halides is 3. The summed E-state index contributed by atoms with van der Waals surface area (Å²) in [5, 5.41) is 8.53. The summed E-state index contributed by atoms with van der Waals surface area (Å²) in [6, 6.07) is 2.97. The molecule has 3 aromatic heterocycles. The first kappa shape index (κ1) is 20.4. The quantitative estimate of drug-likeness (QED) is 0.612. The van der Waals surface area contributed by atoms with Crippen LogP contribution in [0.5, 0.6) is 0 Å². The smallest absolute Gasteiger partial charge is 0.338 e. The molecule has 0 spiro atoms. The second kappa shape index (κ2) is 7.41. The lowest BCUT2D eigenvalue weighted by molar-refractivity contribution is -0.136. The van der Waals surface area contributed by atoms with Crippen molar-refractivity contribution in [2.75, 3.05) is 7.05 Å². The Morgan fingerprint density at radius 3 is 2.63 bits per heavy atom. The van der Waals surface area contributed by atoms with Gasteiger partial charge in [0.25, 0.3) is 0 Å². The van der Waals surface area contributed by atoms with E-state index < -0.39 is 11.7 Å². The SMILES string of the molecule is CCn1ccc(CN(C)C(=O)Cn2nc(C)c3c(C(F)(F)F)cc(C4CC4)nc32)n1. The van der Waals surface area contributed by atoms with Crippen molar-refractivity contribution in [3.05, 3.63) is 41.0 Å². The molecule has 0 aliphatic heterocycles. The summed E-state index contributed by atoms with van der Waals surface area (Å²) in [6.45, 7) is 4.33. The fraction of sp³-hybridized carbons (Fsp3) is 0.500. The number of halogens is 3. The summed E-state index contributed by atoms with van der Waals surface area (Å²) in [6.07, 6.45) is -1.02. The summed E-state index contributed by atoms with van der Waals surface area (Å²) < 4.78 is 44.1. The van der Waals surface area contributed by atoms with Crippen molar-refractivity contribution < 1.29 is 18.0 Å².